The fourth-order valence-corrected chi connectivity index (χ4v) is 1.35. The molecule has 0 saturated carbocycles. The highest BCUT2D eigenvalue weighted by Gasteiger charge is 2.21. The van der Waals surface area contributed by atoms with Gasteiger partial charge in [0.15, 0.2) is 0 Å². The van der Waals surface area contributed by atoms with Crippen LogP contribution in [0.1, 0.15) is 12.5 Å². The van der Waals surface area contributed by atoms with Crippen LogP contribution in [-0.2, 0) is 16.0 Å². The number of hydrogen-bond donors (Lipinski definition) is 2. The standard InChI is InChI=1S/C12H15NO4/c1-8(12(16)17)13(2)11(15)7-9-4-3-5-10(14)6-9/h3-6,8,14H,7H2,1-2H3,(H,16,17). The van der Waals surface area contributed by atoms with Gasteiger partial charge in [0.1, 0.15) is 11.8 Å². The number of aliphatic carboxylic acids is 1. The number of carboxylic acids is 1. The number of rotatable bonds is 4. The fraction of sp³-hybridized carbons (Fsp3) is 0.333. The first-order valence-corrected chi connectivity index (χ1v) is 5.18. The van der Waals surface area contributed by atoms with E-state index in [4.69, 9.17) is 5.11 Å². The van der Waals surface area contributed by atoms with Crippen molar-refractivity contribution in [2.45, 2.75) is 19.4 Å². The Morgan fingerprint density at radius 1 is 1.41 bits per heavy atom. The number of carboxylic acid groups (broad SMARTS) is 1. The van der Waals surface area contributed by atoms with E-state index in [1.54, 1.807) is 12.1 Å². The zero-order valence-corrected chi connectivity index (χ0v) is 9.75. The summed E-state index contributed by atoms with van der Waals surface area (Å²) >= 11 is 0. The largest absolute Gasteiger partial charge is 0.508 e. The summed E-state index contributed by atoms with van der Waals surface area (Å²) in [5, 5.41) is 18.0. The monoisotopic (exact) mass is 237 g/mol. The molecule has 0 aliphatic carbocycles. The second-order valence-electron chi connectivity index (χ2n) is 3.87. The van der Waals surface area contributed by atoms with Crippen LogP contribution >= 0.6 is 0 Å². The van der Waals surface area contributed by atoms with Gasteiger partial charge in [-0.1, -0.05) is 12.1 Å². The average molecular weight is 237 g/mol. The molecular weight excluding hydrogens is 222 g/mol. The highest BCUT2D eigenvalue weighted by Crippen LogP contribution is 2.12. The van der Waals surface area contributed by atoms with E-state index in [1.165, 1.54) is 31.0 Å². The molecule has 0 aliphatic heterocycles. The summed E-state index contributed by atoms with van der Waals surface area (Å²) < 4.78 is 0. The summed E-state index contributed by atoms with van der Waals surface area (Å²) in [5.41, 5.74) is 0.652. The Labute approximate surface area is 99.3 Å². The molecule has 5 nitrogen and oxygen atoms in total. The van der Waals surface area contributed by atoms with Crippen LogP contribution in [0.2, 0.25) is 0 Å². The van der Waals surface area contributed by atoms with Crippen molar-refractivity contribution in [1.82, 2.24) is 4.90 Å². The Morgan fingerprint density at radius 2 is 2.06 bits per heavy atom. The first kappa shape index (κ1) is 13.0. The van der Waals surface area contributed by atoms with Gasteiger partial charge in [-0.05, 0) is 24.6 Å². The molecule has 0 spiro atoms. The van der Waals surface area contributed by atoms with Crippen molar-refractivity contribution < 1.29 is 19.8 Å². The third-order valence-electron chi connectivity index (χ3n) is 2.60. The first-order valence-electron chi connectivity index (χ1n) is 5.18. The van der Waals surface area contributed by atoms with E-state index in [-0.39, 0.29) is 18.1 Å². The Balaban J connectivity index is 2.69. The molecule has 0 bridgehead atoms. The summed E-state index contributed by atoms with van der Waals surface area (Å²) in [5.74, 6) is -1.26. The number of nitrogens with zero attached hydrogens (tertiary/aromatic N) is 1. The molecule has 0 heterocycles. The Hall–Kier alpha value is -2.04. The Bertz CT molecular complexity index is 430. The lowest BCUT2D eigenvalue weighted by molar-refractivity contribution is -0.148. The van der Waals surface area contributed by atoms with Crippen LogP contribution in [0.5, 0.6) is 5.75 Å². The van der Waals surface area contributed by atoms with Crippen LogP contribution in [0.3, 0.4) is 0 Å². The number of carbonyl (C=O) groups is 2. The third-order valence-corrected chi connectivity index (χ3v) is 2.60. The van der Waals surface area contributed by atoms with Crippen LogP contribution in [0, 0.1) is 0 Å². The number of carbonyl (C=O) groups excluding carboxylic acids is 1. The molecule has 1 unspecified atom stereocenters. The predicted molar refractivity (Wildman–Crippen MR) is 61.7 cm³/mol. The summed E-state index contributed by atoms with van der Waals surface area (Å²) in [6, 6.07) is 5.48. The second-order valence-corrected chi connectivity index (χ2v) is 3.87. The number of likely N-dealkylation sites (N-methyl/N-ethyl adjacent to an activating group) is 1. The van der Waals surface area contributed by atoms with Gasteiger partial charge >= 0.3 is 5.97 Å². The minimum atomic E-state index is -1.04. The highest BCUT2D eigenvalue weighted by molar-refractivity contribution is 5.84. The lowest BCUT2D eigenvalue weighted by Gasteiger charge is -2.21. The topological polar surface area (TPSA) is 77.8 Å². The average Bonchev–Trinajstić information content (AvgIpc) is 2.26. The molecule has 1 amide bonds. The summed E-state index contributed by atoms with van der Waals surface area (Å²) in [6.45, 7) is 1.45. The first-order chi connectivity index (χ1) is 7.91. The molecule has 17 heavy (non-hydrogen) atoms. The fourth-order valence-electron chi connectivity index (χ4n) is 1.35. The Morgan fingerprint density at radius 3 is 2.59 bits per heavy atom. The smallest absolute Gasteiger partial charge is 0.326 e. The van der Waals surface area contributed by atoms with Crippen molar-refractivity contribution in [3.63, 3.8) is 0 Å². The van der Waals surface area contributed by atoms with Crippen LogP contribution in [-0.4, -0.2) is 40.1 Å². The molecule has 0 aliphatic rings. The lowest BCUT2D eigenvalue weighted by atomic mass is 10.1. The maximum Gasteiger partial charge on any atom is 0.326 e. The van der Waals surface area contributed by atoms with Gasteiger partial charge in [0.05, 0.1) is 6.42 Å². The summed E-state index contributed by atoms with van der Waals surface area (Å²) in [7, 11) is 1.45. The molecule has 0 saturated heterocycles. The van der Waals surface area contributed by atoms with E-state index in [9.17, 15) is 14.7 Å². The van der Waals surface area contributed by atoms with E-state index in [0.717, 1.165) is 0 Å². The summed E-state index contributed by atoms with van der Waals surface area (Å²) in [4.78, 5) is 23.6. The number of aromatic hydroxyl groups is 1. The van der Waals surface area contributed by atoms with Gasteiger partial charge in [-0.15, -0.1) is 0 Å². The van der Waals surface area contributed by atoms with Crippen molar-refractivity contribution in [2.75, 3.05) is 7.05 Å². The van der Waals surface area contributed by atoms with Crippen LogP contribution in [0.15, 0.2) is 24.3 Å². The van der Waals surface area contributed by atoms with Crippen molar-refractivity contribution in [3.05, 3.63) is 29.8 Å². The summed E-state index contributed by atoms with van der Waals surface area (Å²) in [6.07, 6.45) is 0.0719. The molecule has 1 atom stereocenters. The number of phenols is 1. The molecule has 92 valence electrons. The normalized spacial score (nSPS) is 11.9. The Kier molecular flexibility index (Phi) is 4.09. The van der Waals surface area contributed by atoms with Crippen molar-refractivity contribution >= 4 is 11.9 Å². The molecule has 1 aromatic rings. The third kappa shape index (κ3) is 3.48. The zero-order valence-electron chi connectivity index (χ0n) is 9.75. The molecule has 0 radical (unpaired) electrons. The quantitative estimate of drug-likeness (QED) is 0.814. The molecule has 0 fully saturated rings. The second kappa shape index (κ2) is 5.34. The van der Waals surface area contributed by atoms with E-state index >= 15 is 0 Å². The number of hydrogen-bond acceptors (Lipinski definition) is 3. The number of benzene rings is 1. The van der Waals surface area contributed by atoms with E-state index in [2.05, 4.69) is 0 Å². The molecule has 1 rings (SSSR count). The molecule has 0 aromatic heterocycles. The minimum absolute atomic E-state index is 0.0719. The van der Waals surface area contributed by atoms with E-state index < -0.39 is 12.0 Å². The van der Waals surface area contributed by atoms with Crippen molar-refractivity contribution in [1.29, 1.82) is 0 Å². The van der Waals surface area contributed by atoms with Gasteiger partial charge in [0.25, 0.3) is 0 Å². The van der Waals surface area contributed by atoms with Gasteiger partial charge in [0.2, 0.25) is 5.91 Å². The van der Waals surface area contributed by atoms with Crippen molar-refractivity contribution in [3.8, 4) is 5.75 Å². The van der Waals surface area contributed by atoms with Gasteiger partial charge in [-0.25, -0.2) is 4.79 Å². The molecule has 1 aromatic carbocycles. The minimum Gasteiger partial charge on any atom is -0.508 e. The van der Waals surface area contributed by atoms with Gasteiger partial charge in [-0.2, -0.15) is 0 Å². The van der Waals surface area contributed by atoms with Gasteiger partial charge < -0.3 is 15.1 Å². The highest BCUT2D eigenvalue weighted by atomic mass is 16.4. The van der Waals surface area contributed by atoms with Gasteiger partial charge in [0, 0.05) is 7.05 Å². The number of amides is 1. The zero-order chi connectivity index (χ0) is 13.0. The van der Waals surface area contributed by atoms with Crippen molar-refractivity contribution in [2.24, 2.45) is 0 Å². The molecule has 2 N–H and O–H groups in total. The van der Waals surface area contributed by atoms with Crippen LogP contribution < -0.4 is 0 Å². The number of phenolic OH excluding ortho intramolecular Hbond substituents is 1. The van der Waals surface area contributed by atoms with E-state index in [1.807, 2.05) is 0 Å². The maximum absolute atomic E-state index is 11.8. The van der Waals surface area contributed by atoms with Crippen LogP contribution in [0.25, 0.3) is 0 Å². The van der Waals surface area contributed by atoms with Crippen LogP contribution in [0.4, 0.5) is 0 Å². The molecule has 5 heteroatoms. The lowest BCUT2D eigenvalue weighted by Crippen LogP contribution is -2.40. The van der Waals surface area contributed by atoms with Gasteiger partial charge in [-0.3, -0.25) is 4.79 Å². The SMILES string of the molecule is CC(C(=O)O)N(C)C(=O)Cc1cccc(O)c1. The molecular formula is C12H15NO4. The maximum atomic E-state index is 11.8. The predicted octanol–water partition coefficient (Wildman–Crippen LogP) is 0.866. The van der Waals surface area contributed by atoms with E-state index in [0.29, 0.717) is 5.56 Å².